The van der Waals surface area contributed by atoms with Gasteiger partial charge in [0.25, 0.3) is 5.91 Å². The molecule has 0 unspecified atom stereocenters. The zero-order valence-corrected chi connectivity index (χ0v) is 21.8. The molecule has 1 amide bonds. The van der Waals surface area contributed by atoms with Crippen LogP contribution in [0.2, 0.25) is 0 Å². The van der Waals surface area contributed by atoms with Gasteiger partial charge in [0, 0.05) is 24.5 Å². The van der Waals surface area contributed by atoms with Gasteiger partial charge in [-0.25, -0.2) is 4.98 Å². The van der Waals surface area contributed by atoms with Crippen molar-refractivity contribution in [2.75, 3.05) is 6.79 Å². The number of benzene rings is 3. The molecule has 1 fully saturated rings. The first-order valence-corrected chi connectivity index (χ1v) is 13.7. The zero-order valence-electron chi connectivity index (χ0n) is 21.0. The Morgan fingerprint density at radius 3 is 2.50 bits per heavy atom. The number of aromatic nitrogens is 1. The van der Waals surface area contributed by atoms with E-state index < -0.39 is 0 Å². The lowest BCUT2D eigenvalue weighted by molar-refractivity contribution is 0.0946. The minimum atomic E-state index is -0.0802. The maximum absolute atomic E-state index is 12.4. The summed E-state index contributed by atoms with van der Waals surface area (Å²) in [7, 11) is 0. The fourth-order valence-electron chi connectivity index (χ4n) is 4.32. The van der Waals surface area contributed by atoms with E-state index in [4.69, 9.17) is 14.2 Å². The average Bonchev–Trinajstić information content (AvgIpc) is 3.42. The van der Waals surface area contributed by atoms with Gasteiger partial charge in [0.05, 0.1) is 6.54 Å². The van der Waals surface area contributed by atoms with Crippen molar-refractivity contribution in [1.29, 1.82) is 0 Å². The quantitative estimate of drug-likeness (QED) is 0.276. The number of ether oxygens (including phenoxy) is 3. The normalized spacial score (nSPS) is 14.0. The van der Waals surface area contributed by atoms with E-state index in [1.54, 1.807) is 0 Å². The number of nitrogens with one attached hydrogen (secondary N) is 1. The smallest absolute Gasteiger partial charge is 0.270 e. The van der Waals surface area contributed by atoms with Crippen LogP contribution in [0.5, 0.6) is 17.2 Å². The molecule has 38 heavy (non-hydrogen) atoms. The van der Waals surface area contributed by atoms with E-state index in [1.807, 2.05) is 47.8 Å². The largest absolute Gasteiger partial charge is 0.489 e. The molecule has 0 spiro atoms. The van der Waals surface area contributed by atoms with Crippen LogP contribution in [0.15, 0.2) is 78.2 Å². The molecular weight excluding hydrogens is 498 g/mol. The molecule has 0 atom stereocenters. The fourth-order valence-corrected chi connectivity index (χ4v) is 5.14. The number of nitrogens with zero attached hydrogens (tertiary/aromatic N) is 2. The van der Waals surface area contributed by atoms with Crippen molar-refractivity contribution in [3.05, 3.63) is 106 Å². The molecule has 8 heteroatoms. The van der Waals surface area contributed by atoms with Gasteiger partial charge in [0.15, 0.2) is 11.5 Å². The van der Waals surface area contributed by atoms with Crippen molar-refractivity contribution < 1.29 is 19.0 Å². The minimum absolute atomic E-state index is 0.0802. The molecule has 1 aliphatic heterocycles. The first-order chi connectivity index (χ1) is 18.7. The Morgan fingerprint density at radius 1 is 0.921 bits per heavy atom. The molecular formula is C30H29N3O4S. The number of rotatable bonds is 11. The molecule has 1 aromatic heterocycles. The number of carbonyl (C=O) groups is 1. The van der Waals surface area contributed by atoms with Gasteiger partial charge in [0.2, 0.25) is 6.79 Å². The molecule has 0 bridgehead atoms. The van der Waals surface area contributed by atoms with E-state index >= 15 is 0 Å². The summed E-state index contributed by atoms with van der Waals surface area (Å²) in [6.45, 7) is 2.84. The summed E-state index contributed by atoms with van der Waals surface area (Å²) in [6, 6.07) is 24.8. The Balaban J connectivity index is 1.14. The van der Waals surface area contributed by atoms with E-state index in [9.17, 15) is 4.79 Å². The lowest BCUT2D eigenvalue weighted by Crippen LogP contribution is -2.26. The third-order valence-corrected chi connectivity index (χ3v) is 7.31. The van der Waals surface area contributed by atoms with E-state index in [1.165, 1.54) is 16.9 Å². The van der Waals surface area contributed by atoms with Crippen LogP contribution in [0.3, 0.4) is 0 Å². The highest BCUT2D eigenvalue weighted by Gasteiger charge is 2.25. The first kappa shape index (κ1) is 24.5. The second kappa shape index (κ2) is 11.2. The molecule has 1 aliphatic carbocycles. The summed E-state index contributed by atoms with van der Waals surface area (Å²) < 4.78 is 17.0. The SMILES string of the molecule is O=C(NC1CC1)c1csc(CN(Cc2ccc(OCc3ccccc3)cc2)Cc2ccc3c(c2)OCO3)n1. The summed E-state index contributed by atoms with van der Waals surface area (Å²) in [4.78, 5) is 19.4. The molecule has 2 aliphatic rings. The summed E-state index contributed by atoms with van der Waals surface area (Å²) >= 11 is 1.52. The van der Waals surface area contributed by atoms with Crippen molar-refractivity contribution in [2.24, 2.45) is 0 Å². The Bertz CT molecular complexity index is 1390. The van der Waals surface area contributed by atoms with E-state index in [0.717, 1.165) is 52.8 Å². The Kier molecular flexibility index (Phi) is 7.24. The third-order valence-electron chi connectivity index (χ3n) is 6.48. The summed E-state index contributed by atoms with van der Waals surface area (Å²) in [5, 5.41) is 5.78. The minimum Gasteiger partial charge on any atom is -0.489 e. The number of fused-ring (bicyclic) bond motifs is 1. The van der Waals surface area contributed by atoms with Crippen molar-refractivity contribution in [2.45, 2.75) is 45.1 Å². The Hall–Kier alpha value is -3.88. The average molecular weight is 528 g/mol. The number of carbonyl (C=O) groups excluding carboxylic acids is 1. The van der Waals surface area contributed by atoms with Crippen molar-refractivity contribution >= 4 is 17.2 Å². The lowest BCUT2D eigenvalue weighted by atomic mass is 10.1. The van der Waals surface area contributed by atoms with Crippen LogP contribution in [0.25, 0.3) is 0 Å². The molecule has 194 valence electrons. The molecule has 6 rings (SSSR count). The van der Waals surface area contributed by atoms with E-state index in [2.05, 4.69) is 45.5 Å². The van der Waals surface area contributed by atoms with Gasteiger partial charge < -0.3 is 19.5 Å². The van der Waals surface area contributed by atoms with Gasteiger partial charge in [-0.2, -0.15) is 0 Å². The van der Waals surface area contributed by atoms with Crippen LogP contribution in [0.1, 0.15) is 45.0 Å². The van der Waals surface area contributed by atoms with Crippen LogP contribution < -0.4 is 19.5 Å². The maximum Gasteiger partial charge on any atom is 0.270 e. The monoisotopic (exact) mass is 527 g/mol. The van der Waals surface area contributed by atoms with Crippen LogP contribution in [-0.4, -0.2) is 28.6 Å². The third kappa shape index (κ3) is 6.33. The summed E-state index contributed by atoms with van der Waals surface area (Å²) in [5.41, 5.74) is 3.93. The molecule has 2 heterocycles. The maximum atomic E-state index is 12.4. The highest BCUT2D eigenvalue weighted by Crippen LogP contribution is 2.33. The number of hydrogen-bond donors (Lipinski definition) is 1. The number of thiazole rings is 1. The Morgan fingerprint density at radius 2 is 1.68 bits per heavy atom. The molecule has 0 radical (unpaired) electrons. The van der Waals surface area contributed by atoms with Gasteiger partial charge in [0.1, 0.15) is 23.1 Å². The van der Waals surface area contributed by atoms with Crippen molar-refractivity contribution in [3.63, 3.8) is 0 Å². The molecule has 3 aromatic carbocycles. The van der Waals surface area contributed by atoms with Crippen LogP contribution in [0, 0.1) is 0 Å². The van der Waals surface area contributed by atoms with Crippen molar-refractivity contribution in [1.82, 2.24) is 15.2 Å². The zero-order chi connectivity index (χ0) is 25.7. The summed E-state index contributed by atoms with van der Waals surface area (Å²) in [6.07, 6.45) is 2.12. The van der Waals surface area contributed by atoms with Crippen LogP contribution in [0.4, 0.5) is 0 Å². The molecule has 7 nitrogen and oxygen atoms in total. The highest BCUT2D eigenvalue weighted by molar-refractivity contribution is 7.09. The summed E-state index contributed by atoms with van der Waals surface area (Å²) in [5.74, 6) is 2.31. The first-order valence-electron chi connectivity index (χ1n) is 12.8. The standard InChI is InChI=1S/C30H29N3O4S/c34-30(31-24-9-10-24)26-19-38-29(32-26)17-33(16-23-8-13-27-28(14-23)37-20-36-27)15-21-6-11-25(12-7-21)35-18-22-4-2-1-3-5-22/h1-8,11-14,19,24H,9-10,15-18,20H2,(H,31,34). The molecule has 4 aromatic rings. The van der Waals surface area contributed by atoms with Gasteiger partial charge in [-0.15, -0.1) is 11.3 Å². The predicted molar refractivity (Wildman–Crippen MR) is 145 cm³/mol. The molecule has 1 N–H and O–H groups in total. The van der Waals surface area contributed by atoms with E-state index in [0.29, 0.717) is 31.4 Å². The predicted octanol–water partition coefficient (Wildman–Crippen LogP) is 5.55. The van der Waals surface area contributed by atoms with Gasteiger partial charge in [-0.1, -0.05) is 48.5 Å². The van der Waals surface area contributed by atoms with E-state index in [-0.39, 0.29) is 12.7 Å². The van der Waals surface area contributed by atoms with Gasteiger partial charge >= 0.3 is 0 Å². The highest BCUT2D eigenvalue weighted by atomic mass is 32.1. The topological polar surface area (TPSA) is 72.9 Å². The molecule has 1 saturated carbocycles. The van der Waals surface area contributed by atoms with Crippen LogP contribution >= 0.6 is 11.3 Å². The lowest BCUT2D eigenvalue weighted by Gasteiger charge is -2.22. The molecule has 0 saturated heterocycles. The second-order valence-corrected chi connectivity index (χ2v) is 10.6. The van der Waals surface area contributed by atoms with Crippen molar-refractivity contribution in [3.8, 4) is 17.2 Å². The Labute approximate surface area is 226 Å². The second-order valence-electron chi connectivity index (χ2n) is 9.63. The number of amides is 1. The van der Waals surface area contributed by atoms with Gasteiger partial charge in [-0.3, -0.25) is 9.69 Å². The fraction of sp³-hybridized carbons (Fsp3) is 0.267. The van der Waals surface area contributed by atoms with Crippen LogP contribution in [-0.2, 0) is 26.2 Å². The number of hydrogen-bond acceptors (Lipinski definition) is 7. The van der Waals surface area contributed by atoms with Gasteiger partial charge in [-0.05, 0) is 53.8 Å².